The Kier molecular flexibility index (Phi) is 11.3. The molecule has 1 atom stereocenters. The third-order valence-electron chi connectivity index (χ3n) is 6.54. The van der Waals surface area contributed by atoms with Gasteiger partial charge in [0.2, 0.25) is 21.8 Å². The largest absolute Gasteiger partial charge is 0.354 e. The van der Waals surface area contributed by atoms with Gasteiger partial charge in [-0.3, -0.25) is 13.9 Å². The van der Waals surface area contributed by atoms with Crippen molar-refractivity contribution in [1.29, 1.82) is 0 Å². The van der Waals surface area contributed by atoms with Gasteiger partial charge < -0.3 is 10.2 Å². The molecule has 40 heavy (non-hydrogen) atoms. The van der Waals surface area contributed by atoms with E-state index in [0.29, 0.717) is 18.7 Å². The van der Waals surface area contributed by atoms with Crippen molar-refractivity contribution in [2.24, 2.45) is 0 Å². The zero-order valence-electron chi connectivity index (χ0n) is 23.6. The average molecular weight is 629 g/mol. The molecule has 0 fully saturated rings. The van der Waals surface area contributed by atoms with Gasteiger partial charge in [-0.1, -0.05) is 77.8 Å². The number of rotatable bonds is 13. The number of carbonyl (C=O) groups is 2. The highest BCUT2D eigenvalue weighted by atomic mass is 79.9. The Morgan fingerprint density at radius 2 is 1.55 bits per heavy atom. The molecule has 1 N–H and O–H groups in total. The lowest BCUT2D eigenvalue weighted by Crippen LogP contribution is -2.53. The molecule has 0 radical (unpaired) electrons. The summed E-state index contributed by atoms with van der Waals surface area (Å²) in [5.41, 5.74) is 3.93. The van der Waals surface area contributed by atoms with Crippen molar-refractivity contribution in [3.05, 3.63) is 99.5 Å². The maximum atomic E-state index is 14.1. The van der Waals surface area contributed by atoms with E-state index in [2.05, 4.69) is 21.2 Å². The van der Waals surface area contributed by atoms with Crippen LogP contribution in [0.5, 0.6) is 0 Å². The average Bonchev–Trinajstić information content (AvgIpc) is 2.89. The van der Waals surface area contributed by atoms with Gasteiger partial charge in [0.15, 0.2) is 0 Å². The molecule has 0 aliphatic rings. The van der Waals surface area contributed by atoms with Gasteiger partial charge in [0, 0.05) is 24.0 Å². The van der Waals surface area contributed by atoms with Crippen molar-refractivity contribution < 1.29 is 18.0 Å². The van der Waals surface area contributed by atoms with E-state index in [9.17, 15) is 18.0 Å². The third-order valence-corrected chi connectivity index (χ3v) is 8.21. The minimum atomic E-state index is -3.80. The van der Waals surface area contributed by atoms with Crippen molar-refractivity contribution in [3.63, 3.8) is 0 Å². The molecule has 0 bridgehead atoms. The van der Waals surface area contributed by atoms with Gasteiger partial charge in [0.05, 0.1) is 11.9 Å². The van der Waals surface area contributed by atoms with Crippen molar-refractivity contribution in [2.75, 3.05) is 23.7 Å². The second-order valence-corrected chi connectivity index (χ2v) is 12.9. The second kappa shape index (κ2) is 14.5. The quantitative estimate of drug-likeness (QED) is 0.258. The molecule has 7 nitrogen and oxygen atoms in total. The van der Waals surface area contributed by atoms with E-state index in [0.717, 1.165) is 50.1 Å². The predicted molar refractivity (Wildman–Crippen MR) is 165 cm³/mol. The molecule has 0 heterocycles. The number of benzene rings is 3. The number of carbonyl (C=O) groups excluding carboxylic acids is 2. The first kappa shape index (κ1) is 31.4. The Morgan fingerprint density at radius 3 is 2.12 bits per heavy atom. The van der Waals surface area contributed by atoms with E-state index < -0.39 is 28.5 Å². The van der Waals surface area contributed by atoms with Crippen LogP contribution in [0.3, 0.4) is 0 Å². The number of nitrogens with zero attached hydrogens (tertiary/aromatic N) is 2. The van der Waals surface area contributed by atoms with Crippen LogP contribution in [0.4, 0.5) is 5.69 Å². The molecule has 0 aromatic heterocycles. The van der Waals surface area contributed by atoms with Crippen LogP contribution in [0.2, 0.25) is 0 Å². The number of hydrogen-bond donors (Lipinski definition) is 1. The summed E-state index contributed by atoms with van der Waals surface area (Å²) in [4.78, 5) is 29.2. The fourth-order valence-corrected chi connectivity index (χ4v) is 5.65. The standard InChI is InChI=1S/C31H38BrN3O4S/c1-5-6-16-33-31(37)29(20-25-10-8-7-9-11-25)34(21-26-12-14-27(32)15-13-26)30(36)22-35(40(4,38)39)28-18-23(2)17-24(3)19-28/h7-15,17-19,29H,5-6,16,20-22H2,1-4H3,(H,33,37)/t29-/m1/s1. The highest BCUT2D eigenvalue weighted by Crippen LogP contribution is 2.23. The van der Waals surface area contributed by atoms with Gasteiger partial charge in [-0.05, 0) is 66.8 Å². The van der Waals surface area contributed by atoms with E-state index in [1.54, 1.807) is 12.1 Å². The zero-order chi connectivity index (χ0) is 29.3. The second-order valence-electron chi connectivity index (χ2n) is 10.1. The molecule has 0 aliphatic heterocycles. The lowest BCUT2D eigenvalue weighted by atomic mass is 10.0. The summed E-state index contributed by atoms with van der Waals surface area (Å²) in [6, 6.07) is 21.7. The van der Waals surface area contributed by atoms with Crippen LogP contribution < -0.4 is 9.62 Å². The summed E-state index contributed by atoms with van der Waals surface area (Å²) in [5, 5.41) is 2.99. The fraction of sp³-hybridized carbons (Fsp3) is 0.355. The molecule has 3 aromatic carbocycles. The molecule has 3 aromatic rings. The van der Waals surface area contributed by atoms with Crippen LogP contribution in [-0.2, 0) is 32.6 Å². The monoisotopic (exact) mass is 627 g/mol. The maximum Gasteiger partial charge on any atom is 0.244 e. The van der Waals surface area contributed by atoms with Crippen molar-refractivity contribution in [1.82, 2.24) is 10.2 Å². The highest BCUT2D eigenvalue weighted by molar-refractivity contribution is 9.10. The van der Waals surface area contributed by atoms with Crippen molar-refractivity contribution >= 4 is 43.5 Å². The summed E-state index contributed by atoms with van der Waals surface area (Å²) in [7, 11) is -3.80. The normalized spacial score (nSPS) is 12.0. The predicted octanol–water partition coefficient (Wildman–Crippen LogP) is 5.39. The highest BCUT2D eigenvalue weighted by Gasteiger charge is 2.33. The third kappa shape index (κ3) is 9.20. The van der Waals surface area contributed by atoms with E-state index in [1.165, 1.54) is 4.90 Å². The number of hydrogen-bond acceptors (Lipinski definition) is 4. The Balaban J connectivity index is 2.04. The van der Waals surface area contributed by atoms with Gasteiger partial charge in [0.1, 0.15) is 12.6 Å². The van der Waals surface area contributed by atoms with Crippen LogP contribution in [-0.4, -0.2) is 50.5 Å². The minimum Gasteiger partial charge on any atom is -0.354 e. The fourth-order valence-electron chi connectivity index (χ4n) is 4.55. The topological polar surface area (TPSA) is 86.8 Å². The summed E-state index contributed by atoms with van der Waals surface area (Å²) < 4.78 is 27.9. The van der Waals surface area contributed by atoms with Crippen LogP contribution in [0.25, 0.3) is 0 Å². The number of nitrogens with one attached hydrogen (secondary N) is 1. The Morgan fingerprint density at radius 1 is 0.925 bits per heavy atom. The summed E-state index contributed by atoms with van der Waals surface area (Å²) >= 11 is 3.45. The molecule has 0 aliphatic carbocycles. The Hall–Kier alpha value is -3.17. The molecule has 0 saturated heterocycles. The van der Waals surface area contributed by atoms with Crippen LogP contribution in [0, 0.1) is 13.8 Å². The van der Waals surface area contributed by atoms with Crippen molar-refractivity contribution in [2.45, 2.75) is 52.6 Å². The first-order chi connectivity index (χ1) is 19.0. The first-order valence-electron chi connectivity index (χ1n) is 13.4. The number of halogens is 1. The van der Waals surface area contributed by atoms with E-state index in [1.807, 2.05) is 81.4 Å². The number of anilines is 1. The Bertz CT molecular complexity index is 1380. The van der Waals surface area contributed by atoms with E-state index in [-0.39, 0.29) is 12.5 Å². The minimum absolute atomic E-state index is 0.148. The maximum absolute atomic E-state index is 14.1. The van der Waals surface area contributed by atoms with E-state index in [4.69, 9.17) is 0 Å². The molecule has 0 spiro atoms. The van der Waals surface area contributed by atoms with Crippen LogP contribution in [0.15, 0.2) is 77.3 Å². The summed E-state index contributed by atoms with van der Waals surface area (Å²) in [6.07, 6.45) is 3.13. The van der Waals surface area contributed by atoms with Crippen LogP contribution >= 0.6 is 15.9 Å². The number of sulfonamides is 1. The van der Waals surface area contributed by atoms with Gasteiger partial charge >= 0.3 is 0 Å². The lowest BCUT2D eigenvalue weighted by molar-refractivity contribution is -0.140. The molecule has 9 heteroatoms. The smallest absolute Gasteiger partial charge is 0.244 e. The molecule has 0 saturated carbocycles. The van der Waals surface area contributed by atoms with Gasteiger partial charge in [-0.25, -0.2) is 8.42 Å². The van der Waals surface area contributed by atoms with Gasteiger partial charge in [-0.2, -0.15) is 0 Å². The number of unbranched alkanes of at least 4 members (excludes halogenated alkanes) is 1. The Labute approximate surface area is 246 Å². The van der Waals surface area contributed by atoms with Gasteiger partial charge in [0.25, 0.3) is 0 Å². The molecular formula is C31H38BrN3O4S. The molecule has 214 valence electrons. The number of amides is 2. The lowest BCUT2D eigenvalue weighted by Gasteiger charge is -2.33. The molecule has 0 unspecified atom stereocenters. The summed E-state index contributed by atoms with van der Waals surface area (Å²) in [6.45, 7) is 6.04. The zero-order valence-corrected chi connectivity index (χ0v) is 26.0. The molecule has 2 amide bonds. The molecular weight excluding hydrogens is 590 g/mol. The van der Waals surface area contributed by atoms with E-state index >= 15 is 0 Å². The van der Waals surface area contributed by atoms with Crippen molar-refractivity contribution in [3.8, 4) is 0 Å². The SMILES string of the molecule is CCCCNC(=O)[C@@H](Cc1ccccc1)N(Cc1ccc(Br)cc1)C(=O)CN(c1cc(C)cc(C)c1)S(C)(=O)=O. The number of aryl methyl sites for hydroxylation is 2. The van der Waals surface area contributed by atoms with Crippen LogP contribution in [0.1, 0.15) is 42.0 Å². The summed E-state index contributed by atoms with van der Waals surface area (Å²) in [5.74, 6) is -0.723. The molecule has 3 rings (SSSR count). The first-order valence-corrected chi connectivity index (χ1v) is 16.0. The van der Waals surface area contributed by atoms with Gasteiger partial charge in [-0.15, -0.1) is 0 Å².